The monoisotopic (exact) mass is 492 g/mol. The summed E-state index contributed by atoms with van der Waals surface area (Å²) in [7, 11) is 0. The number of anilines is 2. The topological polar surface area (TPSA) is 83.6 Å². The molecule has 0 spiro atoms. The maximum absolute atomic E-state index is 13.3. The summed E-state index contributed by atoms with van der Waals surface area (Å²) in [6.07, 6.45) is 3.11. The number of carbonyl (C=O) groups excluding carboxylic acids is 2. The Bertz CT molecular complexity index is 1170. The van der Waals surface area contributed by atoms with Crippen LogP contribution >= 0.6 is 11.6 Å². The lowest BCUT2D eigenvalue weighted by molar-refractivity contribution is -0.121. The Hall–Kier alpha value is -3.58. The lowest BCUT2D eigenvalue weighted by Gasteiger charge is -2.23. The summed E-state index contributed by atoms with van der Waals surface area (Å²) in [4.78, 5) is 32.1. The van der Waals surface area contributed by atoms with Crippen LogP contribution < -0.4 is 15.4 Å². The SMILES string of the molecule is O=C(CN1CCCCCOc2ccccc2Nc2cccc(n2)C1=O)NCCc1ccccc1Cl. The first kappa shape index (κ1) is 24.5. The zero-order valence-electron chi connectivity index (χ0n) is 19.5. The van der Waals surface area contributed by atoms with E-state index in [9.17, 15) is 9.59 Å². The second kappa shape index (κ2) is 12.2. The largest absolute Gasteiger partial charge is 0.491 e. The van der Waals surface area contributed by atoms with Crippen molar-refractivity contribution in [3.8, 4) is 5.75 Å². The van der Waals surface area contributed by atoms with Crippen molar-refractivity contribution in [2.45, 2.75) is 25.7 Å². The minimum absolute atomic E-state index is 0.0278. The number of carbonyl (C=O) groups is 2. The van der Waals surface area contributed by atoms with E-state index in [4.69, 9.17) is 16.3 Å². The van der Waals surface area contributed by atoms with Crippen LogP contribution in [0.2, 0.25) is 5.02 Å². The molecule has 2 heterocycles. The summed E-state index contributed by atoms with van der Waals surface area (Å²) in [5, 5.41) is 6.83. The molecule has 0 unspecified atom stereocenters. The van der Waals surface area contributed by atoms with Gasteiger partial charge in [-0.05, 0) is 61.6 Å². The fraction of sp³-hybridized carbons (Fsp3) is 0.296. The molecule has 2 amide bonds. The number of nitrogens with one attached hydrogen (secondary N) is 2. The third-order valence-electron chi connectivity index (χ3n) is 5.74. The summed E-state index contributed by atoms with van der Waals surface area (Å²) < 4.78 is 5.96. The number of hydrogen-bond donors (Lipinski definition) is 2. The second-order valence-electron chi connectivity index (χ2n) is 8.36. The van der Waals surface area contributed by atoms with Crippen LogP contribution in [-0.2, 0) is 11.2 Å². The van der Waals surface area contributed by atoms with E-state index in [0.29, 0.717) is 37.0 Å². The Labute approximate surface area is 210 Å². The van der Waals surface area contributed by atoms with Gasteiger partial charge in [-0.3, -0.25) is 9.59 Å². The van der Waals surface area contributed by atoms with Crippen molar-refractivity contribution < 1.29 is 14.3 Å². The van der Waals surface area contributed by atoms with Crippen LogP contribution in [0, 0.1) is 0 Å². The molecule has 0 saturated heterocycles. The Balaban J connectivity index is 1.44. The average molecular weight is 493 g/mol. The van der Waals surface area contributed by atoms with Crippen molar-refractivity contribution in [2.24, 2.45) is 0 Å². The fourth-order valence-corrected chi connectivity index (χ4v) is 4.13. The van der Waals surface area contributed by atoms with E-state index < -0.39 is 0 Å². The molecule has 1 aliphatic rings. The van der Waals surface area contributed by atoms with Crippen LogP contribution in [0.3, 0.4) is 0 Å². The highest BCUT2D eigenvalue weighted by Gasteiger charge is 2.20. The number of pyridine rings is 1. The van der Waals surface area contributed by atoms with Gasteiger partial charge in [-0.15, -0.1) is 0 Å². The quantitative estimate of drug-likeness (QED) is 0.532. The number of amides is 2. The Morgan fingerprint density at radius 3 is 2.74 bits per heavy atom. The molecule has 0 radical (unpaired) electrons. The maximum Gasteiger partial charge on any atom is 0.273 e. The van der Waals surface area contributed by atoms with Crippen molar-refractivity contribution in [1.82, 2.24) is 15.2 Å². The zero-order valence-corrected chi connectivity index (χ0v) is 20.3. The molecule has 1 aliphatic heterocycles. The predicted molar refractivity (Wildman–Crippen MR) is 137 cm³/mol. The van der Waals surface area contributed by atoms with Crippen molar-refractivity contribution in [1.29, 1.82) is 0 Å². The van der Waals surface area contributed by atoms with Crippen molar-refractivity contribution in [2.75, 3.05) is 31.6 Å². The summed E-state index contributed by atoms with van der Waals surface area (Å²) in [5.74, 6) is 0.806. The maximum atomic E-state index is 13.3. The van der Waals surface area contributed by atoms with Crippen LogP contribution in [0.4, 0.5) is 11.5 Å². The van der Waals surface area contributed by atoms with Crippen LogP contribution in [0.25, 0.3) is 0 Å². The highest BCUT2D eigenvalue weighted by molar-refractivity contribution is 6.31. The molecule has 8 heteroatoms. The number of fused-ring (bicyclic) bond motifs is 3. The van der Waals surface area contributed by atoms with Crippen LogP contribution in [-0.4, -0.2) is 47.9 Å². The van der Waals surface area contributed by atoms with E-state index in [1.54, 1.807) is 23.1 Å². The van der Waals surface area contributed by atoms with Gasteiger partial charge in [0.15, 0.2) is 0 Å². The number of aromatic nitrogens is 1. The number of halogens is 1. The molecule has 0 aliphatic carbocycles. The molecule has 3 aromatic rings. The number of hydrogen-bond acceptors (Lipinski definition) is 5. The lowest BCUT2D eigenvalue weighted by Crippen LogP contribution is -2.42. The third-order valence-corrected chi connectivity index (χ3v) is 6.11. The van der Waals surface area contributed by atoms with Crippen molar-refractivity contribution in [3.05, 3.63) is 83.0 Å². The minimum Gasteiger partial charge on any atom is -0.491 e. The number of rotatable bonds is 5. The Morgan fingerprint density at radius 2 is 1.86 bits per heavy atom. The zero-order chi connectivity index (χ0) is 24.5. The van der Waals surface area contributed by atoms with Gasteiger partial charge in [-0.1, -0.05) is 48.0 Å². The van der Waals surface area contributed by atoms with E-state index >= 15 is 0 Å². The van der Waals surface area contributed by atoms with Crippen molar-refractivity contribution in [3.63, 3.8) is 0 Å². The van der Waals surface area contributed by atoms with Gasteiger partial charge in [0.25, 0.3) is 5.91 Å². The van der Waals surface area contributed by atoms with Gasteiger partial charge in [0, 0.05) is 18.1 Å². The van der Waals surface area contributed by atoms with Crippen LogP contribution in [0.15, 0.2) is 66.7 Å². The van der Waals surface area contributed by atoms with E-state index in [1.807, 2.05) is 48.5 Å². The van der Waals surface area contributed by atoms with Gasteiger partial charge >= 0.3 is 0 Å². The van der Waals surface area contributed by atoms with Crippen molar-refractivity contribution >= 4 is 34.9 Å². The standard InChI is InChI=1S/C27H29ClN4O3/c28-21-10-3-2-9-20(21)15-16-29-26(33)19-32-17-6-1-7-18-35-24-13-5-4-11-22(24)30-25-14-8-12-23(31-25)27(32)34/h2-5,8-14H,1,6-7,15-19H2,(H,29,33)(H,30,31). The molecule has 0 saturated carbocycles. The summed E-state index contributed by atoms with van der Waals surface area (Å²) in [5.41, 5.74) is 2.05. The predicted octanol–water partition coefficient (Wildman–Crippen LogP) is 4.84. The Kier molecular flexibility index (Phi) is 8.57. The van der Waals surface area contributed by atoms with E-state index in [-0.39, 0.29) is 24.1 Å². The minimum atomic E-state index is -0.267. The summed E-state index contributed by atoms with van der Waals surface area (Å²) in [6, 6.07) is 20.5. The van der Waals surface area contributed by atoms with Crippen LogP contribution in [0.5, 0.6) is 5.75 Å². The van der Waals surface area contributed by atoms with Gasteiger partial charge in [0.2, 0.25) is 5.91 Å². The van der Waals surface area contributed by atoms with Gasteiger partial charge in [0.05, 0.1) is 18.8 Å². The third kappa shape index (κ3) is 6.96. The Morgan fingerprint density at radius 1 is 1.03 bits per heavy atom. The molecule has 7 nitrogen and oxygen atoms in total. The molecule has 2 aromatic carbocycles. The molecule has 0 atom stereocenters. The van der Waals surface area contributed by atoms with Gasteiger partial charge in [-0.25, -0.2) is 4.98 Å². The fourth-order valence-electron chi connectivity index (χ4n) is 3.90. The van der Waals surface area contributed by atoms with Gasteiger partial charge < -0.3 is 20.3 Å². The average Bonchev–Trinajstić information content (AvgIpc) is 2.86. The van der Waals surface area contributed by atoms with Gasteiger partial charge in [-0.2, -0.15) is 0 Å². The lowest BCUT2D eigenvalue weighted by atomic mass is 10.1. The molecule has 0 fully saturated rings. The highest BCUT2D eigenvalue weighted by atomic mass is 35.5. The first-order valence-electron chi connectivity index (χ1n) is 11.9. The molecule has 4 rings (SSSR count). The molecule has 35 heavy (non-hydrogen) atoms. The molecule has 182 valence electrons. The van der Waals surface area contributed by atoms with Crippen LogP contribution in [0.1, 0.15) is 35.3 Å². The first-order valence-corrected chi connectivity index (χ1v) is 12.2. The van der Waals surface area contributed by atoms with E-state index in [0.717, 1.165) is 36.3 Å². The number of benzene rings is 2. The number of nitrogens with zero attached hydrogens (tertiary/aromatic N) is 2. The summed E-state index contributed by atoms with van der Waals surface area (Å²) >= 11 is 6.20. The number of para-hydroxylation sites is 2. The first-order chi connectivity index (χ1) is 17.1. The molecule has 2 N–H and O–H groups in total. The highest BCUT2D eigenvalue weighted by Crippen LogP contribution is 2.27. The normalized spacial score (nSPS) is 14.2. The van der Waals surface area contributed by atoms with Gasteiger partial charge in [0.1, 0.15) is 17.3 Å². The summed E-state index contributed by atoms with van der Waals surface area (Å²) in [6.45, 7) is 1.45. The molecular formula is C27H29ClN4O3. The molecular weight excluding hydrogens is 464 g/mol. The van der Waals surface area contributed by atoms with E-state index in [2.05, 4.69) is 15.6 Å². The smallest absolute Gasteiger partial charge is 0.273 e. The molecule has 1 aromatic heterocycles. The second-order valence-corrected chi connectivity index (χ2v) is 8.76. The van der Waals surface area contributed by atoms with E-state index in [1.165, 1.54) is 0 Å². The number of ether oxygens (including phenoxy) is 1. The molecule has 2 bridgehead atoms.